The van der Waals surface area contributed by atoms with Gasteiger partial charge in [0.1, 0.15) is 0 Å². The summed E-state index contributed by atoms with van der Waals surface area (Å²) in [6.45, 7) is 0.0170. The Bertz CT molecular complexity index is 769. The van der Waals surface area contributed by atoms with Crippen molar-refractivity contribution in [3.05, 3.63) is 24.3 Å². The first-order valence-corrected chi connectivity index (χ1v) is 9.48. The van der Waals surface area contributed by atoms with Crippen molar-refractivity contribution >= 4 is 25.8 Å². The van der Waals surface area contributed by atoms with Crippen LogP contribution in [-0.2, 0) is 24.7 Å². The van der Waals surface area contributed by atoms with Gasteiger partial charge >= 0.3 is 5.97 Å². The summed E-state index contributed by atoms with van der Waals surface area (Å²) in [6, 6.07) is 5.07. The van der Waals surface area contributed by atoms with Gasteiger partial charge in [-0.15, -0.1) is 0 Å². The van der Waals surface area contributed by atoms with E-state index >= 15 is 0 Å². The van der Waals surface area contributed by atoms with Crippen molar-refractivity contribution in [3.63, 3.8) is 0 Å². The molecule has 21 heavy (non-hydrogen) atoms. The van der Waals surface area contributed by atoms with E-state index in [1.807, 2.05) is 0 Å². The number of benzene rings is 1. The van der Waals surface area contributed by atoms with E-state index in [1.165, 1.54) is 18.2 Å². The van der Waals surface area contributed by atoms with Crippen molar-refractivity contribution < 1.29 is 26.7 Å². The Morgan fingerprint density at radius 3 is 2.38 bits per heavy atom. The summed E-state index contributed by atoms with van der Waals surface area (Å²) >= 11 is 0. The minimum atomic E-state index is -3.88. The van der Waals surface area contributed by atoms with Gasteiger partial charge in [0.05, 0.1) is 15.7 Å². The molecule has 0 radical (unpaired) electrons. The van der Waals surface area contributed by atoms with E-state index < -0.39 is 31.7 Å². The maximum absolute atomic E-state index is 12.4. The summed E-state index contributed by atoms with van der Waals surface area (Å²) in [4.78, 5) is 10.7. The first-order chi connectivity index (χ1) is 9.62. The quantitative estimate of drug-likeness (QED) is 0.842. The van der Waals surface area contributed by atoms with E-state index in [0.29, 0.717) is 0 Å². The summed E-state index contributed by atoms with van der Waals surface area (Å²) in [5.41, 5.74) is 0. The molecule has 1 aromatic rings. The highest BCUT2D eigenvalue weighted by molar-refractivity contribution is 7.91. The van der Waals surface area contributed by atoms with Crippen LogP contribution in [0, 0.1) is 5.92 Å². The van der Waals surface area contributed by atoms with Crippen molar-refractivity contribution in [1.82, 2.24) is 4.31 Å². The third-order valence-electron chi connectivity index (χ3n) is 3.37. The Morgan fingerprint density at radius 2 is 1.86 bits per heavy atom. The van der Waals surface area contributed by atoms with Gasteiger partial charge in [-0.2, -0.15) is 4.31 Å². The molecule has 1 aliphatic rings. The Hall–Kier alpha value is -1.45. The predicted molar refractivity (Wildman–Crippen MR) is 74.1 cm³/mol. The molecule has 1 fully saturated rings. The zero-order valence-electron chi connectivity index (χ0n) is 11.3. The van der Waals surface area contributed by atoms with E-state index in [4.69, 9.17) is 5.11 Å². The van der Waals surface area contributed by atoms with Crippen LogP contribution in [0.15, 0.2) is 34.1 Å². The maximum atomic E-state index is 12.4. The molecule has 1 aromatic carbocycles. The zero-order chi connectivity index (χ0) is 15.8. The number of carbonyl (C=O) groups is 1. The van der Waals surface area contributed by atoms with Gasteiger partial charge in [-0.1, -0.05) is 6.07 Å². The molecule has 2 rings (SSSR count). The second kappa shape index (κ2) is 5.39. The zero-order valence-corrected chi connectivity index (χ0v) is 12.9. The van der Waals surface area contributed by atoms with Crippen LogP contribution in [0.2, 0.25) is 0 Å². The molecule has 9 heteroatoms. The van der Waals surface area contributed by atoms with Crippen molar-refractivity contribution in [2.75, 3.05) is 19.3 Å². The highest BCUT2D eigenvalue weighted by atomic mass is 32.2. The number of sulfonamides is 1. The Morgan fingerprint density at radius 1 is 1.24 bits per heavy atom. The number of carboxylic acid groups (broad SMARTS) is 1. The largest absolute Gasteiger partial charge is 0.481 e. The van der Waals surface area contributed by atoms with Crippen molar-refractivity contribution in [1.29, 1.82) is 0 Å². The standard InChI is InChI=1S/C12H15NO6S2/c1-20(16,17)10-3-2-4-11(7-10)21(18,19)13-6-5-9(8-13)12(14)15/h2-4,7,9H,5-6,8H2,1H3,(H,14,15). The monoisotopic (exact) mass is 333 g/mol. The third kappa shape index (κ3) is 3.25. The molecule has 1 unspecified atom stereocenters. The smallest absolute Gasteiger partial charge is 0.307 e. The molecule has 1 saturated heterocycles. The SMILES string of the molecule is CS(=O)(=O)c1cccc(S(=O)(=O)N2CCC(C(=O)O)C2)c1. The van der Waals surface area contributed by atoms with E-state index in [2.05, 4.69) is 0 Å². The molecule has 0 saturated carbocycles. The van der Waals surface area contributed by atoms with Crippen LogP contribution in [0.1, 0.15) is 6.42 Å². The molecule has 1 aliphatic heterocycles. The first-order valence-electron chi connectivity index (χ1n) is 6.15. The van der Waals surface area contributed by atoms with Crippen LogP contribution >= 0.6 is 0 Å². The van der Waals surface area contributed by atoms with Gasteiger partial charge in [0.2, 0.25) is 10.0 Å². The number of sulfone groups is 1. The van der Waals surface area contributed by atoms with Crippen LogP contribution in [0.25, 0.3) is 0 Å². The number of aliphatic carboxylic acids is 1. The van der Waals surface area contributed by atoms with Crippen molar-refractivity contribution in [2.45, 2.75) is 16.2 Å². The molecule has 7 nitrogen and oxygen atoms in total. The van der Waals surface area contributed by atoms with Gasteiger partial charge in [-0.05, 0) is 24.6 Å². The molecule has 1 N–H and O–H groups in total. The molecular weight excluding hydrogens is 318 g/mol. The molecular formula is C12H15NO6S2. The van der Waals surface area contributed by atoms with Gasteiger partial charge in [0.25, 0.3) is 0 Å². The lowest BCUT2D eigenvalue weighted by Gasteiger charge is -2.16. The molecule has 0 spiro atoms. The second-order valence-electron chi connectivity index (χ2n) is 4.93. The Labute approximate surface area is 123 Å². The Balaban J connectivity index is 2.35. The molecule has 0 aromatic heterocycles. The van der Waals surface area contributed by atoms with Crippen LogP contribution < -0.4 is 0 Å². The number of carboxylic acids is 1. The van der Waals surface area contributed by atoms with Gasteiger partial charge < -0.3 is 5.11 Å². The Kier molecular flexibility index (Phi) is 4.09. The molecule has 0 bridgehead atoms. The van der Waals surface area contributed by atoms with Gasteiger partial charge in [-0.25, -0.2) is 16.8 Å². The average molecular weight is 333 g/mol. The lowest BCUT2D eigenvalue weighted by molar-refractivity contribution is -0.141. The normalized spacial score (nSPS) is 20.5. The summed E-state index contributed by atoms with van der Waals surface area (Å²) in [6.07, 6.45) is 1.25. The first kappa shape index (κ1) is 15.9. The lowest BCUT2D eigenvalue weighted by atomic mass is 10.1. The van der Waals surface area contributed by atoms with Crippen molar-refractivity contribution in [2.24, 2.45) is 5.92 Å². The summed E-state index contributed by atoms with van der Waals surface area (Å²) in [5, 5.41) is 8.92. The summed E-state index contributed by atoms with van der Waals surface area (Å²) in [7, 11) is -7.39. The maximum Gasteiger partial charge on any atom is 0.307 e. The van der Waals surface area contributed by atoms with Gasteiger partial charge in [0.15, 0.2) is 9.84 Å². The third-order valence-corrected chi connectivity index (χ3v) is 6.34. The van der Waals surface area contributed by atoms with Gasteiger partial charge in [-0.3, -0.25) is 4.79 Å². The summed E-state index contributed by atoms with van der Waals surface area (Å²) in [5.74, 6) is -1.75. The molecule has 0 amide bonds. The van der Waals surface area contributed by atoms with E-state index in [1.54, 1.807) is 0 Å². The van der Waals surface area contributed by atoms with Crippen molar-refractivity contribution in [3.8, 4) is 0 Å². The van der Waals surface area contributed by atoms with Crippen LogP contribution in [-0.4, -0.2) is 51.6 Å². The number of hydrogen-bond donors (Lipinski definition) is 1. The summed E-state index contributed by atoms with van der Waals surface area (Å²) < 4.78 is 48.9. The van der Waals surface area contributed by atoms with E-state index in [0.717, 1.165) is 16.6 Å². The van der Waals surface area contributed by atoms with Gasteiger partial charge in [0, 0.05) is 19.3 Å². The van der Waals surface area contributed by atoms with Crippen LogP contribution in [0.5, 0.6) is 0 Å². The topological polar surface area (TPSA) is 109 Å². The minimum Gasteiger partial charge on any atom is -0.481 e. The fourth-order valence-corrected chi connectivity index (χ4v) is 4.45. The lowest BCUT2D eigenvalue weighted by Crippen LogP contribution is -2.30. The minimum absolute atomic E-state index is 0.0856. The average Bonchev–Trinajstić information content (AvgIpc) is 2.88. The van der Waals surface area contributed by atoms with Crippen LogP contribution in [0.3, 0.4) is 0 Å². The number of rotatable bonds is 4. The van der Waals surface area contributed by atoms with Crippen LogP contribution in [0.4, 0.5) is 0 Å². The fourth-order valence-electron chi connectivity index (χ4n) is 2.16. The predicted octanol–water partition coefficient (Wildman–Crippen LogP) is 0.185. The molecule has 1 heterocycles. The highest BCUT2D eigenvalue weighted by Gasteiger charge is 2.36. The van der Waals surface area contributed by atoms with E-state index in [-0.39, 0.29) is 29.3 Å². The number of hydrogen-bond acceptors (Lipinski definition) is 5. The highest BCUT2D eigenvalue weighted by Crippen LogP contribution is 2.25. The molecule has 116 valence electrons. The van der Waals surface area contributed by atoms with E-state index in [9.17, 15) is 21.6 Å². The molecule has 0 aliphatic carbocycles. The molecule has 1 atom stereocenters. The second-order valence-corrected chi connectivity index (χ2v) is 8.89. The number of nitrogens with zero attached hydrogens (tertiary/aromatic N) is 1. The fraction of sp³-hybridized carbons (Fsp3) is 0.417.